The van der Waals surface area contributed by atoms with Gasteiger partial charge in [-0.05, 0) is 19.1 Å². The van der Waals surface area contributed by atoms with Gasteiger partial charge in [-0.15, -0.1) is 0 Å². The molecular formula is C10H16N4O2S. The van der Waals surface area contributed by atoms with Gasteiger partial charge in [-0.25, -0.2) is 14.2 Å². The van der Waals surface area contributed by atoms with Crippen LogP contribution in [0.4, 0.5) is 0 Å². The first-order chi connectivity index (χ1) is 8.15. The maximum absolute atomic E-state index is 12.0. The fraction of sp³-hybridized carbons (Fsp3) is 0.700. The highest BCUT2D eigenvalue weighted by atomic mass is 32.2. The van der Waals surface area contributed by atoms with Gasteiger partial charge in [0.15, 0.2) is 5.16 Å². The first-order valence-corrected chi connectivity index (χ1v) is 6.92. The van der Waals surface area contributed by atoms with Crippen molar-refractivity contribution < 1.29 is 0 Å². The topological polar surface area (TPSA) is 82.9 Å². The molecule has 17 heavy (non-hydrogen) atoms. The second-order valence-electron chi connectivity index (χ2n) is 4.20. The van der Waals surface area contributed by atoms with Gasteiger partial charge in [-0.1, -0.05) is 31.0 Å². The second kappa shape index (κ2) is 4.95. The molecule has 0 atom stereocenters. The SMILES string of the molecule is CSc1nc(=O)n(C2CCCCC2)c(=O)n1N. The third-order valence-corrected chi connectivity index (χ3v) is 3.79. The highest BCUT2D eigenvalue weighted by Crippen LogP contribution is 2.25. The summed E-state index contributed by atoms with van der Waals surface area (Å²) < 4.78 is 2.17. The minimum atomic E-state index is -0.479. The molecule has 1 aromatic heterocycles. The maximum atomic E-state index is 12.0. The molecule has 0 saturated heterocycles. The Bertz CT molecular complexity index is 516. The van der Waals surface area contributed by atoms with Crippen LogP contribution >= 0.6 is 11.8 Å². The molecule has 0 aromatic carbocycles. The van der Waals surface area contributed by atoms with Crippen LogP contribution in [0.2, 0.25) is 0 Å². The van der Waals surface area contributed by atoms with Gasteiger partial charge >= 0.3 is 11.4 Å². The fourth-order valence-electron chi connectivity index (χ4n) is 2.26. The van der Waals surface area contributed by atoms with Crippen LogP contribution in [0, 0.1) is 0 Å². The number of rotatable bonds is 2. The number of nitrogen functional groups attached to an aromatic ring is 1. The minimum absolute atomic E-state index is 0.0399. The molecule has 1 heterocycles. The largest absolute Gasteiger partial charge is 0.354 e. The highest BCUT2D eigenvalue weighted by molar-refractivity contribution is 7.98. The minimum Gasteiger partial charge on any atom is -0.333 e. The normalized spacial score (nSPS) is 17.2. The Morgan fingerprint density at radius 1 is 1.29 bits per heavy atom. The summed E-state index contributed by atoms with van der Waals surface area (Å²) in [6.07, 6.45) is 6.70. The summed E-state index contributed by atoms with van der Waals surface area (Å²) in [5, 5.41) is 0.257. The molecule has 0 radical (unpaired) electrons. The van der Waals surface area contributed by atoms with E-state index < -0.39 is 11.4 Å². The molecular weight excluding hydrogens is 240 g/mol. The molecule has 0 unspecified atom stereocenters. The first-order valence-electron chi connectivity index (χ1n) is 5.70. The Labute approximate surface area is 103 Å². The number of hydrogen-bond donors (Lipinski definition) is 1. The predicted molar refractivity (Wildman–Crippen MR) is 66.8 cm³/mol. The number of thioether (sulfide) groups is 1. The van der Waals surface area contributed by atoms with E-state index in [0.717, 1.165) is 30.4 Å². The summed E-state index contributed by atoms with van der Waals surface area (Å²) in [4.78, 5) is 27.7. The fourth-order valence-corrected chi connectivity index (χ4v) is 2.71. The second-order valence-corrected chi connectivity index (χ2v) is 4.97. The van der Waals surface area contributed by atoms with Crippen molar-refractivity contribution >= 4 is 11.8 Å². The molecule has 1 saturated carbocycles. The average Bonchev–Trinajstić information content (AvgIpc) is 2.35. The maximum Gasteiger partial charge on any atom is 0.354 e. The van der Waals surface area contributed by atoms with Crippen molar-refractivity contribution in [3.8, 4) is 0 Å². The lowest BCUT2D eigenvalue weighted by Gasteiger charge is -2.23. The van der Waals surface area contributed by atoms with E-state index in [1.807, 2.05) is 0 Å². The van der Waals surface area contributed by atoms with Gasteiger partial charge in [0, 0.05) is 6.04 Å². The molecule has 1 aliphatic rings. The molecule has 6 nitrogen and oxygen atoms in total. The van der Waals surface area contributed by atoms with Crippen LogP contribution in [-0.4, -0.2) is 20.5 Å². The predicted octanol–water partition coefficient (Wildman–Crippen LogP) is 0.346. The van der Waals surface area contributed by atoms with Crippen LogP contribution in [0.15, 0.2) is 14.7 Å². The van der Waals surface area contributed by atoms with Crippen LogP contribution in [0.1, 0.15) is 38.1 Å². The molecule has 0 spiro atoms. The first kappa shape index (κ1) is 12.2. The van der Waals surface area contributed by atoms with E-state index in [1.54, 1.807) is 6.26 Å². The van der Waals surface area contributed by atoms with Crippen molar-refractivity contribution in [3.63, 3.8) is 0 Å². The zero-order valence-electron chi connectivity index (χ0n) is 9.76. The van der Waals surface area contributed by atoms with E-state index in [0.29, 0.717) is 0 Å². The van der Waals surface area contributed by atoms with Crippen LogP contribution in [0.5, 0.6) is 0 Å². The van der Waals surface area contributed by atoms with Crippen LogP contribution in [-0.2, 0) is 0 Å². The third kappa shape index (κ3) is 2.24. The molecule has 0 aliphatic heterocycles. The van der Waals surface area contributed by atoms with E-state index in [4.69, 9.17) is 5.84 Å². The van der Waals surface area contributed by atoms with Crippen molar-refractivity contribution in [2.24, 2.45) is 0 Å². The van der Waals surface area contributed by atoms with Gasteiger partial charge in [-0.3, -0.25) is 0 Å². The average molecular weight is 256 g/mol. The zero-order valence-corrected chi connectivity index (χ0v) is 10.6. The molecule has 94 valence electrons. The van der Waals surface area contributed by atoms with Crippen molar-refractivity contribution in [2.45, 2.75) is 43.3 Å². The van der Waals surface area contributed by atoms with Crippen molar-refractivity contribution in [3.05, 3.63) is 21.0 Å². The lowest BCUT2D eigenvalue weighted by Crippen LogP contribution is -2.47. The van der Waals surface area contributed by atoms with Crippen LogP contribution in [0.3, 0.4) is 0 Å². The van der Waals surface area contributed by atoms with Crippen molar-refractivity contribution in [1.82, 2.24) is 14.2 Å². The number of hydrogen-bond acceptors (Lipinski definition) is 5. The summed E-state index contributed by atoms with van der Waals surface area (Å²) in [5.41, 5.74) is -0.936. The van der Waals surface area contributed by atoms with Crippen molar-refractivity contribution in [2.75, 3.05) is 12.1 Å². The Kier molecular flexibility index (Phi) is 3.56. The Morgan fingerprint density at radius 3 is 2.53 bits per heavy atom. The van der Waals surface area contributed by atoms with E-state index in [1.165, 1.54) is 22.7 Å². The highest BCUT2D eigenvalue weighted by Gasteiger charge is 2.21. The van der Waals surface area contributed by atoms with E-state index in [-0.39, 0.29) is 11.2 Å². The van der Waals surface area contributed by atoms with Gasteiger partial charge < -0.3 is 5.84 Å². The summed E-state index contributed by atoms with van der Waals surface area (Å²) >= 11 is 1.19. The number of nitrogens with two attached hydrogens (primary N) is 1. The smallest absolute Gasteiger partial charge is 0.333 e. The van der Waals surface area contributed by atoms with Gasteiger partial charge in [0.2, 0.25) is 0 Å². The monoisotopic (exact) mass is 256 g/mol. The molecule has 2 N–H and O–H groups in total. The molecule has 1 aliphatic carbocycles. The molecule has 2 rings (SSSR count). The van der Waals surface area contributed by atoms with Gasteiger partial charge in [0.1, 0.15) is 0 Å². The number of aromatic nitrogens is 3. The van der Waals surface area contributed by atoms with E-state index in [2.05, 4.69) is 4.98 Å². The van der Waals surface area contributed by atoms with E-state index >= 15 is 0 Å². The molecule has 7 heteroatoms. The zero-order chi connectivity index (χ0) is 12.4. The summed E-state index contributed by atoms with van der Waals surface area (Å²) in [5.74, 6) is 5.63. The Hall–Kier alpha value is -1.24. The van der Waals surface area contributed by atoms with Crippen molar-refractivity contribution in [1.29, 1.82) is 0 Å². The summed E-state index contributed by atoms with van der Waals surface area (Å²) in [6, 6.07) is -0.0399. The Balaban J connectivity index is 2.50. The molecule has 1 fully saturated rings. The van der Waals surface area contributed by atoms with Crippen LogP contribution < -0.4 is 17.2 Å². The molecule has 0 bridgehead atoms. The lowest BCUT2D eigenvalue weighted by atomic mass is 9.95. The summed E-state index contributed by atoms with van der Waals surface area (Å²) in [6.45, 7) is 0. The van der Waals surface area contributed by atoms with Gasteiger partial charge in [0.25, 0.3) is 0 Å². The summed E-state index contributed by atoms with van der Waals surface area (Å²) in [7, 11) is 0. The van der Waals surface area contributed by atoms with E-state index in [9.17, 15) is 9.59 Å². The molecule has 0 amide bonds. The molecule has 1 aromatic rings. The lowest BCUT2D eigenvalue weighted by molar-refractivity contribution is 0.322. The standard InChI is InChI=1S/C10H16N4O2S/c1-17-9-12-8(15)13(10(16)14(9)11)7-5-3-2-4-6-7/h7H,2-6,11H2,1H3. The van der Waals surface area contributed by atoms with Crippen LogP contribution in [0.25, 0.3) is 0 Å². The van der Waals surface area contributed by atoms with Gasteiger partial charge in [0.05, 0.1) is 0 Å². The quantitative estimate of drug-likeness (QED) is 0.609. The third-order valence-electron chi connectivity index (χ3n) is 3.14. The number of nitrogens with zero attached hydrogens (tertiary/aromatic N) is 3. The van der Waals surface area contributed by atoms with Gasteiger partial charge in [-0.2, -0.15) is 9.66 Å². The Morgan fingerprint density at radius 2 is 1.94 bits per heavy atom.